The third-order valence-electron chi connectivity index (χ3n) is 5.75. The molecule has 1 unspecified atom stereocenters. The number of nitrogens with zero attached hydrogens (tertiary/aromatic N) is 2. The van der Waals surface area contributed by atoms with Gasteiger partial charge in [-0.2, -0.15) is 4.98 Å². The van der Waals surface area contributed by atoms with E-state index in [0.717, 1.165) is 25.0 Å². The number of aromatic nitrogens is 2. The molecule has 2 atom stereocenters. The highest BCUT2D eigenvalue weighted by atomic mass is 32.2. The van der Waals surface area contributed by atoms with Crippen molar-refractivity contribution in [2.45, 2.75) is 84.6 Å². The first-order valence-electron chi connectivity index (χ1n) is 10.5. The van der Waals surface area contributed by atoms with Gasteiger partial charge in [0.15, 0.2) is 5.82 Å². The molecule has 2 N–H and O–H groups in total. The van der Waals surface area contributed by atoms with Crippen molar-refractivity contribution in [3.8, 4) is 0 Å². The predicted molar refractivity (Wildman–Crippen MR) is 110 cm³/mol. The summed E-state index contributed by atoms with van der Waals surface area (Å²) < 4.78 is 30.3. The molecule has 1 aromatic heterocycles. The zero-order valence-corrected chi connectivity index (χ0v) is 18.8. The summed E-state index contributed by atoms with van der Waals surface area (Å²) in [5, 5.41) is 13.8. The zero-order valence-electron chi connectivity index (χ0n) is 18.0. The summed E-state index contributed by atoms with van der Waals surface area (Å²) >= 11 is 0. The topological polar surface area (TPSA) is 122 Å². The molecule has 166 valence electrons. The molecule has 1 fully saturated rings. The molecule has 0 bridgehead atoms. The molecule has 0 aliphatic heterocycles. The van der Waals surface area contributed by atoms with Gasteiger partial charge in [0.1, 0.15) is 0 Å². The van der Waals surface area contributed by atoms with Gasteiger partial charge in [-0.05, 0) is 17.8 Å². The molecular weight excluding hydrogens is 394 g/mol. The highest BCUT2D eigenvalue weighted by Gasteiger charge is 2.41. The van der Waals surface area contributed by atoms with Gasteiger partial charge >= 0.3 is 5.97 Å². The fraction of sp³-hybridized carbons (Fsp3) is 0.850. The molecule has 9 heteroatoms. The van der Waals surface area contributed by atoms with Crippen molar-refractivity contribution in [2.24, 2.45) is 17.3 Å². The summed E-state index contributed by atoms with van der Waals surface area (Å²) in [5.74, 6) is -0.753. The van der Waals surface area contributed by atoms with Crippen LogP contribution in [-0.4, -0.2) is 35.9 Å². The molecule has 0 saturated heterocycles. The Morgan fingerprint density at radius 2 is 1.93 bits per heavy atom. The molecular formula is C20H35N3O5S. The third kappa shape index (κ3) is 7.70. The SMILES string of the molecule is CC(C)(C)C(C(=O)O)[C@@H](CCCC1CCCCC1)c1nc(CNS(C)(=O)=O)no1. The van der Waals surface area contributed by atoms with Crippen molar-refractivity contribution >= 4 is 16.0 Å². The standard InChI is InChI=1S/C20H35N3O5S/c1-20(2,3)17(19(24)25)15(12-8-11-14-9-6-5-7-10-14)18-22-16(23-28-18)13-21-29(4,26)27/h14-15,17,21H,5-13H2,1-4H3,(H,24,25)/t15-,17?/m1/s1. The highest BCUT2D eigenvalue weighted by molar-refractivity contribution is 7.88. The van der Waals surface area contributed by atoms with Crippen LogP contribution < -0.4 is 4.72 Å². The summed E-state index contributed by atoms with van der Waals surface area (Å²) in [6.07, 6.45) is 10.1. The minimum atomic E-state index is -3.38. The van der Waals surface area contributed by atoms with Crippen LogP contribution in [0.3, 0.4) is 0 Å². The molecule has 8 nitrogen and oxygen atoms in total. The Balaban J connectivity index is 2.15. The molecule has 29 heavy (non-hydrogen) atoms. The van der Waals surface area contributed by atoms with Crippen LogP contribution in [0.1, 0.15) is 89.8 Å². The van der Waals surface area contributed by atoms with Crippen molar-refractivity contribution in [2.75, 3.05) is 6.26 Å². The Morgan fingerprint density at radius 1 is 1.28 bits per heavy atom. The molecule has 0 radical (unpaired) electrons. The number of sulfonamides is 1. The molecule has 2 rings (SSSR count). The van der Waals surface area contributed by atoms with Gasteiger partial charge in [-0.25, -0.2) is 13.1 Å². The van der Waals surface area contributed by atoms with Gasteiger partial charge in [0.2, 0.25) is 15.9 Å². The predicted octanol–water partition coefficient (Wildman–Crippen LogP) is 3.70. The summed E-state index contributed by atoms with van der Waals surface area (Å²) in [5.41, 5.74) is -0.485. The van der Waals surface area contributed by atoms with Crippen LogP contribution in [0.4, 0.5) is 0 Å². The lowest BCUT2D eigenvalue weighted by molar-refractivity contribution is -0.147. The second-order valence-corrected chi connectivity index (χ2v) is 11.2. The number of nitrogens with one attached hydrogen (secondary N) is 1. The number of hydrogen-bond donors (Lipinski definition) is 2. The molecule has 1 saturated carbocycles. The Bertz CT molecular complexity index is 763. The number of carbonyl (C=O) groups is 1. The maximum absolute atomic E-state index is 12.1. The van der Waals surface area contributed by atoms with Crippen molar-refractivity contribution < 1.29 is 22.8 Å². The maximum atomic E-state index is 12.1. The Kier molecular flexibility index (Phi) is 8.22. The second kappa shape index (κ2) is 10.0. The van der Waals surface area contributed by atoms with E-state index in [9.17, 15) is 18.3 Å². The Morgan fingerprint density at radius 3 is 2.48 bits per heavy atom. The van der Waals surface area contributed by atoms with Gasteiger partial charge in [0, 0.05) is 0 Å². The number of hydrogen-bond acceptors (Lipinski definition) is 6. The minimum Gasteiger partial charge on any atom is -0.481 e. The van der Waals surface area contributed by atoms with Gasteiger partial charge in [0.05, 0.1) is 24.6 Å². The maximum Gasteiger partial charge on any atom is 0.307 e. The first-order chi connectivity index (χ1) is 13.5. The van der Waals surface area contributed by atoms with E-state index in [0.29, 0.717) is 6.42 Å². The van der Waals surface area contributed by atoms with Crippen molar-refractivity contribution in [3.63, 3.8) is 0 Å². The van der Waals surface area contributed by atoms with Gasteiger partial charge < -0.3 is 9.63 Å². The van der Waals surface area contributed by atoms with Crippen molar-refractivity contribution in [1.82, 2.24) is 14.9 Å². The molecule has 0 amide bonds. The van der Waals surface area contributed by atoms with Gasteiger partial charge in [-0.15, -0.1) is 0 Å². The van der Waals surface area contributed by atoms with E-state index in [-0.39, 0.29) is 18.3 Å². The normalized spacial score (nSPS) is 18.5. The van der Waals surface area contributed by atoms with Gasteiger partial charge in [-0.3, -0.25) is 4.79 Å². The van der Waals surface area contributed by atoms with E-state index in [1.54, 1.807) is 0 Å². The van der Waals surface area contributed by atoms with Crippen LogP contribution in [0, 0.1) is 17.3 Å². The van der Waals surface area contributed by atoms with E-state index in [4.69, 9.17) is 4.52 Å². The fourth-order valence-corrected chi connectivity index (χ4v) is 4.76. The smallest absolute Gasteiger partial charge is 0.307 e. The first-order valence-corrected chi connectivity index (χ1v) is 12.4. The van der Waals surface area contributed by atoms with Gasteiger partial charge in [-0.1, -0.05) is 70.9 Å². The molecule has 1 aliphatic rings. The van der Waals surface area contributed by atoms with E-state index in [1.807, 2.05) is 20.8 Å². The van der Waals surface area contributed by atoms with Crippen LogP contribution in [-0.2, 0) is 21.4 Å². The van der Waals surface area contributed by atoms with Crippen LogP contribution >= 0.6 is 0 Å². The lowest BCUT2D eigenvalue weighted by Crippen LogP contribution is -2.34. The number of carboxylic acid groups (broad SMARTS) is 1. The van der Waals surface area contributed by atoms with Crippen LogP contribution in [0.15, 0.2) is 4.52 Å². The first kappa shape index (κ1) is 23.8. The van der Waals surface area contributed by atoms with Crippen molar-refractivity contribution in [1.29, 1.82) is 0 Å². The minimum absolute atomic E-state index is 0.0790. The molecule has 0 spiro atoms. The quantitative estimate of drug-likeness (QED) is 0.581. The van der Waals surface area contributed by atoms with E-state index in [1.165, 1.54) is 32.1 Å². The van der Waals surface area contributed by atoms with E-state index >= 15 is 0 Å². The zero-order chi connectivity index (χ0) is 21.7. The van der Waals surface area contributed by atoms with Crippen molar-refractivity contribution in [3.05, 3.63) is 11.7 Å². The fourth-order valence-electron chi connectivity index (χ4n) is 4.37. The summed E-state index contributed by atoms with van der Waals surface area (Å²) in [7, 11) is -3.38. The van der Waals surface area contributed by atoms with Crippen LogP contribution in [0.5, 0.6) is 0 Å². The average Bonchev–Trinajstić information content (AvgIpc) is 3.07. The lowest BCUT2D eigenvalue weighted by Gasteiger charge is -2.32. The Hall–Kier alpha value is -1.48. The van der Waals surface area contributed by atoms with Gasteiger partial charge in [0.25, 0.3) is 0 Å². The molecule has 1 aromatic rings. The molecule has 0 aromatic carbocycles. The lowest BCUT2D eigenvalue weighted by atomic mass is 9.71. The second-order valence-electron chi connectivity index (χ2n) is 9.37. The molecule has 1 aliphatic carbocycles. The van der Waals surface area contributed by atoms with Crippen LogP contribution in [0.2, 0.25) is 0 Å². The average molecular weight is 430 g/mol. The number of aliphatic carboxylic acids is 1. The Labute approximate surface area is 173 Å². The monoisotopic (exact) mass is 429 g/mol. The van der Waals surface area contributed by atoms with E-state index < -0.39 is 33.2 Å². The summed E-state index contributed by atoms with van der Waals surface area (Å²) in [6, 6.07) is 0. The highest BCUT2D eigenvalue weighted by Crippen LogP contribution is 2.41. The van der Waals surface area contributed by atoms with Crippen LogP contribution in [0.25, 0.3) is 0 Å². The number of carboxylic acids is 1. The van der Waals surface area contributed by atoms with E-state index in [2.05, 4.69) is 14.9 Å². The molecule has 1 heterocycles. The summed E-state index contributed by atoms with van der Waals surface area (Å²) in [4.78, 5) is 16.4. The largest absolute Gasteiger partial charge is 0.481 e. The third-order valence-corrected chi connectivity index (χ3v) is 6.42. The number of rotatable bonds is 10. The summed E-state index contributed by atoms with van der Waals surface area (Å²) in [6.45, 7) is 5.64.